The highest BCUT2D eigenvalue weighted by atomic mass is 16.3. The first-order valence-electron chi connectivity index (χ1n) is 5.36. The van der Waals surface area contributed by atoms with Crippen LogP contribution in [-0.2, 0) is 6.61 Å². The predicted octanol–water partition coefficient (Wildman–Crippen LogP) is 1.91. The van der Waals surface area contributed by atoms with E-state index in [0.29, 0.717) is 0 Å². The SMILES string of the molecule is OCc1ccc2cn(-c3cccnc3)nc2c1. The third-order valence-electron chi connectivity index (χ3n) is 2.66. The van der Waals surface area contributed by atoms with Crippen LogP contribution >= 0.6 is 0 Å². The summed E-state index contributed by atoms with van der Waals surface area (Å²) in [5.41, 5.74) is 2.67. The van der Waals surface area contributed by atoms with Crippen molar-refractivity contribution < 1.29 is 5.11 Å². The van der Waals surface area contributed by atoms with Crippen LogP contribution in [-0.4, -0.2) is 19.9 Å². The Kier molecular flexibility index (Phi) is 2.34. The number of aliphatic hydroxyl groups excluding tert-OH is 1. The van der Waals surface area contributed by atoms with Gasteiger partial charge in [0.1, 0.15) is 0 Å². The topological polar surface area (TPSA) is 50.9 Å². The average molecular weight is 225 g/mol. The normalized spacial score (nSPS) is 10.9. The van der Waals surface area contributed by atoms with Crippen molar-refractivity contribution in [3.63, 3.8) is 0 Å². The minimum atomic E-state index is 0.0374. The molecule has 17 heavy (non-hydrogen) atoms. The molecule has 0 saturated heterocycles. The van der Waals surface area contributed by atoms with E-state index in [-0.39, 0.29) is 6.61 Å². The molecule has 0 atom stereocenters. The first-order valence-corrected chi connectivity index (χ1v) is 5.36. The zero-order chi connectivity index (χ0) is 11.7. The molecule has 0 amide bonds. The number of aliphatic hydroxyl groups is 1. The molecule has 4 heteroatoms. The lowest BCUT2D eigenvalue weighted by molar-refractivity contribution is 0.282. The number of benzene rings is 1. The summed E-state index contributed by atoms with van der Waals surface area (Å²) < 4.78 is 1.79. The molecule has 2 aromatic heterocycles. The maximum absolute atomic E-state index is 9.08. The first-order chi connectivity index (χ1) is 8.36. The van der Waals surface area contributed by atoms with E-state index >= 15 is 0 Å². The summed E-state index contributed by atoms with van der Waals surface area (Å²) in [6.07, 6.45) is 5.45. The molecule has 2 heterocycles. The lowest BCUT2D eigenvalue weighted by Crippen LogP contribution is -1.93. The molecule has 0 aliphatic carbocycles. The van der Waals surface area contributed by atoms with Crippen molar-refractivity contribution >= 4 is 10.9 Å². The molecule has 3 rings (SSSR count). The maximum atomic E-state index is 9.08. The summed E-state index contributed by atoms with van der Waals surface area (Å²) in [4.78, 5) is 4.06. The van der Waals surface area contributed by atoms with Gasteiger partial charge in [0, 0.05) is 17.8 Å². The summed E-state index contributed by atoms with van der Waals surface area (Å²) in [6.45, 7) is 0.0374. The number of rotatable bonds is 2. The lowest BCUT2D eigenvalue weighted by atomic mass is 10.2. The Morgan fingerprint density at radius 3 is 2.94 bits per heavy atom. The number of pyridine rings is 1. The third kappa shape index (κ3) is 1.79. The Hall–Kier alpha value is -2.20. The van der Waals surface area contributed by atoms with Gasteiger partial charge in [-0.25, -0.2) is 4.68 Å². The van der Waals surface area contributed by atoms with Crippen LogP contribution in [0.1, 0.15) is 5.56 Å². The summed E-state index contributed by atoms with van der Waals surface area (Å²) >= 11 is 0. The van der Waals surface area contributed by atoms with Crippen molar-refractivity contribution in [3.05, 3.63) is 54.5 Å². The van der Waals surface area contributed by atoms with Crippen LogP contribution in [0.2, 0.25) is 0 Å². The van der Waals surface area contributed by atoms with Gasteiger partial charge in [-0.15, -0.1) is 0 Å². The molecule has 0 radical (unpaired) electrons. The smallest absolute Gasteiger partial charge is 0.0931 e. The van der Waals surface area contributed by atoms with Gasteiger partial charge in [-0.1, -0.05) is 12.1 Å². The lowest BCUT2D eigenvalue weighted by Gasteiger charge is -1.97. The summed E-state index contributed by atoms with van der Waals surface area (Å²) in [6, 6.07) is 9.58. The fourth-order valence-corrected chi connectivity index (χ4v) is 1.78. The van der Waals surface area contributed by atoms with E-state index in [1.807, 2.05) is 36.5 Å². The van der Waals surface area contributed by atoms with Gasteiger partial charge >= 0.3 is 0 Å². The van der Waals surface area contributed by atoms with Gasteiger partial charge in [-0.2, -0.15) is 5.10 Å². The second-order valence-corrected chi connectivity index (χ2v) is 3.84. The monoisotopic (exact) mass is 225 g/mol. The fourth-order valence-electron chi connectivity index (χ4n) is 1.78. The molecule has 84 valence electrons. The number of nitrogens with zero attached hydrogens (tertiary/aromatic N) is 3. The first kappa shape index (κ1) is 9.99. The molecule has 1 N–H and O–H groups in total. The van der Waals surface area contributed by atoms with Crippen molar-refractivity contribution in [1.29, 1.82) is 0 Å². The molecule has 0 spiro atoms. The van der Waals surface area contributed by atoms with Gasteiger partial charge in [-0.05, 0) is 23.8 Å². The number of aromatic nitrogens is 3. The Bertz CT molecular complexity index is 646. The van der Waals surface area contributed by atoms with Gasteiger partial charge in [0.05, 0.1) is 24.0 Å². The molecule has 0 aliphatic heterocycles. The minimum absolute atomic E-state index is 0.0374. The molecule has 1 aromatic carbocycles. The van der Waals surface area contributed by atoms with Gasteiger partial charge in [0.2, 0.25) is 0 Å². The van der Waals surface area contributed by atoms with Crippen LogP contribution in [0.15, 0.2) is 48.9 Å². The molecular weight excluding hydrogens is 214 g/mol. The Balaban J connectivity index is 2.14. The second-order valence-electron chi connectivity index (χ2n) is 3.84. The Labute approximate surface area is 98.2 Å². The van der Waals surface area contributed by atoms with Crippen LogP contribution < -0.4 is 0 Å². The second kappa shape index (κ2) is 3.99. The van der Waals surface area contributed by atoms with E-state index in [0.717, 1.165) is 22.2 Å². The molecule has 3 aromatic rings. The quantitative estimate of drug-likeness (QED) is 0.724. The van der Waals surface area contributed by atoms with Gasteiger partial charge < -0.3 is 5.11 Å². The average Bonchev–Trinajstić information content (AvgIpc) is 2.82. The predicted molar refractivity (Wildman–Crippen MR) is 64.8 cm³/mol. The van der Waals surface area contributed by atoms with Gasteiger partial charge in [-0.3, -0.25) is 4.98 Å². The van der Waals surface area contributed by atoms with E-state index < -0.39 is 0 Å². The molecular formula is C13H11N3O. The van der Waals surface area contributed by atoms with Gasteiger partial charge in [0.25, 0.3) is 0 Å². The summed E-state index contributed by atoms with van der Waals surface area (Å²) in [5, 5.41) is 14.6. The van der Waals surface area contributed by atoms with E-state index in [2.05, 4.69) is 10.1 Å². The van der Waals surface area contributed by atoms with Crippen molar-refractivity contribution in [3.8, 4) is 5.69 Å². The van der Waals surface area contributed by atoms with Crippen LogP contribution in [0.4, 0.5) is 0 Å². The highest BCUT2D eigenvalue weighted by molar-refractivity contribution is 5.79. The molecule has 0 saturated carbocycles. The largest absolute Gasteiger partial charge is 0.392 e. The van der Waals surface area contributed by atoms with Crippen molar-refractivity contribution in [2.75, 3.05) is 0 Å². The fraction of sp³-hybridized carbons (Fsp3) is 0.0769. The minimum Gasteiger partial charge on any atom is -0.392 e. The number of hydrogen-bond acceptors (Lipinski definition) is 3. The van der Waals surface area contributed by atoms with E-state index in [1.165, 1.54) is 0 Å². The third-order valence-corrected chi connectivity index (χ3v) is 2.66. The molecule has 0 aliphatic rings. The maximum Gasteiger partial charge on any atom is 0.0931 e. The zero-order valence-corrected chi connectivity index (χ0v) is 9.11. The molecule has 0 fully saturated rings. The van der Waals surface area contributed by atoms with Crippen LogP contribution in [0.25, 0.3) is 16.6 Å². The molecule has 0 bridgehead atoms. The zero-order valence-electron chi connectivity index (χ0n) is 9.11. The van der Waals surface area contributed by atoms with E-state index in [1.54, 1.807) is 17.1 Å². The van der Waals surface area contributed by atoms with E-state index in [9.17, 15) is 0 Å². The van der Waals surface area contributed by atoms with E-state index in [4.69, 9.17) is 5.11 Å². The summed E-state index contributed by atoms with van der Waals surface area (Å²) in [5.74, 6) is 0. The van der Waals surface area contributed by atoms with Crippen LogP contribution in [0.5, 0.6) is 0 Å². The Morgan fingerprint density at radius 1 is 1.24 bits per heavy atom. The molecule has 4 nitrogen and oxygen atoms in total. The van der Waals surface area contributed by atoms with Crippen molar-refractivity contribution in [2.45, 2.75) is 6.61 Å². The highest BCUT2D eigenvalue weighted by Crippen LogP contribution is 2.16. The van der Waals surface area contributed by atoms with Crippen LogP contribution in [0.3, 0.4) is 0 Å². The molecule has 0 unspecified atom stereocenters. The number of hydrogen-bond donors (Lipinski definition) is 1. The van der Waals surface area contributed by atoms with Crippen molar-refractivity contribution in [1.82, 2.24) is 14.8 Å². The van der Waals surface area contributed by atoms with Crippen molar-refractivity contribution in [2.24, 2.45) is 0 Å². The summed E-state index contributed by atoms with van der Waals surface area (Å²) in [7, 11) is 0. The number of fused-ring (bicyclic) bond motifs is 1. The standard InChI is InChI=1S/C13H11N3O/c17-9-10-3-4-11-8-16(15-13(11)6-10)12-2-1-5-14-7-12/h1-8,17H,9H2. The highest BCUT2D eigenvalue weighted by Gasteiger charge is 2.03. The van der Waals surface area contributed by atoms with Gasteiger partial charge in [0.15, 0.2) is 0 Å². The Morgan fingerprint density at radius 2 is 2.18 bits per heavy atom. The van der Waals surface area contributed by atoms with Crippen LogP contribution in [0, 0.1) is 0 Å².